The Morgan fingerprint density at radius 2 is 1.63 bits per heavy atom. The quantitative estimate of drug-likeness (QED) is 0.640. The summed E-state index contributed by atoms with van der Waals surface area (Å²) >= 11 is 12.0. The summed E-state index contributed by atoms with van der Waals surface area (Å²) in [4.78, 5) is 26.7. The Kier molecular flexibility index (Phi) is 8.11. The number of hydrogen-bond acceptors (Lipinski definition) is 4. The van der Waals surface area contributed by atoms with Gasteiger partial charge in [0.2, 0.25) is 21.8 Å². The fourth-order valence-electron chi connectivity index (χ4n) is 2.87. The first-order valence-corrected chi connectivity index (χ1v) is 11.6. The van der Waals surface area contributed by atoms with Crippen molar-refractivity contribution < 1.29 is 18.0 Å². The van der Waals surface area contributed by atoms with Crippen LogP contribution in [0.4, 0.5) is 5.69 Å². The van der Waals surface area contributed by atoms with Crippen LogP contribution in [0.3, 0.4) is 0 Å². The third-order valence-corrected chi connectivity index (χ3v) is 6.00. The zero-order valence-electron chi connectivity index (χ0n) is 16.8. The molecular weight excluding hydrogens is 449 g/mol. The number of sulfonamides is 1. The number of nitrogens with one attached hydrogen (secondary N) is 1. The van der Waals surface area contributed by atoms with Gasteiger partial charge >= 0.3 is 0 Å². The highest BCUT2D eigenvalue weighted by atomic mass is 35.5. The largest absolute Gasteiger partial charge is 0.357 e. The molecule has 0 aliphatic carbocycles. The lowest BCUT2D eigenvalue weighted by Crippen LogP contribution is -2.50. The summed E-state index contributed by atoms with van der Waals surface area (Å²) in [5.41, 5.74) is 0.967. The number of anilines is 1. The molecule has 1 unspecified atom stereocenters. The molecule has 0 bridgehead atoms. The van der Waals surface area contributed by atoms with E-state index in [4.69, 9.17) is 23.2 Å². The van der Waals surface area contributed by atoms with Crippen LogP contribution in [0.25, 0.3) is 0 Å². The van der Waals surface area contributed by atoms with E-state index in [0.717, 1.165) is 16.1 Å². The van der Waals surface area contributed by atoms with Crippen LogP contribution in [-0.4, -0.2) is 51.0 Å². The minimum absolute atomic E-state index is 0.141. The molecule has 1 N–H and O–H groups in total. The molecule has 30 heavy (non-hydrogen) atoms. The van der Waals surface area contributed by atoms with E-state index in [0.29, 0.717) is 0 Å². The van der Waals surface area contributed by atoms with Crippen molar-refractivity contribution in [1.29, 1.82) is 0 Å². The number of hydrogen-bond donors (Lipinski definition) is 1. The van der Waals surface area contributed by atoms with Gasteiger partial charge < -0.3 is 10.2 Å². The van der Waals surface area contributed by atoms with Gasteiger partial charge in [0.15, 0.2) is 0 Å². The molecule has 0 saturated carbocycles. The summed E-state index contributed by atoms with van der Waals surface area (Å²) in [6.45, 7) is 1.21. The van der Waals surface area contributed by atoms with Crippen LogP contribution in [0.1, 0.15) is 12.5 Å². The van der Waals surface area contributed by atoms with Gasteiger partial charge in [0, 0.05) is 23.6 Å². The summed E-state index contributed by atoms with van der Waals surface area (Å²) in [7, 11) is -2.36. The second kappa shape index (κ2) is 10.1. The molecule has 2 amide bonds. The second-order valence-electron chi connectivity index (χ2n) is 6.69. The van der Waals surface area contributed by atoms with Crippen molar-refractivity contribution in [2.75, 3.05) is 24.2 Å². The number of likely N-dealkylation sites (N-methyl/N-ethyl adjacent to an activating group) is 1. The van der Waals surface area contributed by atoms with Crippen molar-refractivity contribution in [3.05, 3.63) is 64.1 Å². The fraction of sp³-hybridized carbons (Fsp3) is 0.300. The Hall–Kier alpha value is -2.29. The van der Waals surface area contributed by atoms with E-state index in [1.807, 2.05) is 30.3 Å². The summed E-state index contributed by atoms with van der Waals surface area (Å²) in [5, 5.41) is 2.99. The maximum atomic E-state index is 13.2. The minimum Gasteiger partial charge on any atom is -0.357 e. The topological polar surface area (TPSA) is 86.8 Å². The van der Waals surface area contributed by atoms with Crippen molar-refractivity contribution in [3.8, 4) is 0 Å². The van der Waals surface area contributed by atoms with Crippen molar-refractivity contribution in [3.63, 3.8) is 0 Å². The average Bonchev–Trinajstić information content (AvgIpc) is 2.68. The minimum atomic E-state index is -3.84. The van der Waals surface area contributed by atoms with E-state index >= 15 is 0 Å². The first-order valence-electron chi connectivity index (χ1n) is 9.01. The molecule has 0 spiro atoms. The maximum absolute atomic E-state index is 13.2. The molecule has 2 rings (SSSR count). The molecule has 0 saturated heterocycles. The third-order valence-electron chi connectivity index (χ3n) is 4.42. The number of carbonyl (C=O) groups is 2. The van der Waals surface area contributed by atoms with E-state index in [2.05, 4.69) is 5.32 Å². The molecule has 0 aliphatic rings. The summed E-state index contributed by atoms with van der Waals surface area (Å²) in [6, 6.07) is 12.6. The van der Waals surface area contributed by atoms with E-state index in [9.17, 15) is 18.0 Å². The molecule has 0 aliphatic heterocycles. The molecule has 0 radical (unpaired) electrons. The number of benzene rings is 2. The highest BCUT2D eigenvalue weighted by molar-refractivity contribution is 7.92. The van der Waals surface area contributed by atoms with E-state index in [1.54, 1.807) is 6.92 Å². The predicted octanol–water partition coefficient (Wildman–Crippen LogP) is 2.92. The van der Waals surface area contributed by atoms with Gasteiger partial charge in [-0.15, -0.1) is 0 Å². The van der Waals surface area contributed by atoms with Crippen LogP contribution in [0.5, 0.6) is 0 Å². The van der Waals surface area contributed by atoms with E-state index < -0.39 is 28.5 Å². The Bertz CT molecular complexity index is 996. The second-order valence-corrected chi connectivity index (χ2v) is 9.47. The van der Waals surface area contributed by atoms with Crippen LogP contribution in [-0.2, 0) is 26.2 Å². The van der Waals surface area contributed by atoms with Crippen LogP contribution in [0, 0.1) is 0 Å². The Morgan fingerprint density at radius 1 is 1.07 bits per heavy atom. The van der Waals surface area contributed by atoms with E-state index in [-0.39, 0.29) is 28.2 Å². The van der Waals surface area contributed by atoms with Crippen LogP contribution >= 0.6 is 23.2 Å². The smallest absolute Gasteiger partial charge is 0.244 e. The molecular formula is C20H23Cl2N3O4S. The first kappa shape index (κ1) is 24.0. The van der Waals surface area contributed by atoms with Crippen LogP contribution in [0.15, 0.2) is 48.5 Å². The standard InChI is InChI=1S/C20H23Cl2N3O4S/c1-14(20(27)23-2)24(12-15-7-5-4-6-8-15)19(26)13-25(30(3,28)29)18-10-16(21)9-17(22)11-18/h4-11,14H,12-13H2,1-3H3,(H,23,27). The molecule has 162 valence electrons. The number of nitrogens with zero attached hydrogens (tertiary/aromatic N) is 2. The van der Waals surface area contributed by atoms with Gasteiger partial charge in [-0.05, 0) is 30.7 Å². The monoisotopic (exact) mass is 471 g/mol. The average molecular weight is 472 g/mol. The first-order chi connectivity index (χ1) is 14.0. The highest BCUT2D eigenvalue weighted by Crippen LogP contribution is 2.27. The lowest BCUT2D eigenvalue weighted by molar-refractivity contribution is -0.139. The lowest BCUT2D eigenvalue weighted by Gasteiger charge is -2.31. The van der Waals surface area contributed by atoms with Gasteiger partial charge in [-0.1, -0.05) is 53.5 Å². The van der Waals surface area contributed by atoms with Gasteiger partial charge in [-0.3, -0.25) is 13.9 Å². The molecule has 2 aromatic carbocycles. The zero-order valence-corrected chi connectivity index (χ0v) is 19.1. The number of rotatable bonds is 8. The molecule has 0 aromatic heterocycles. The molecule has 7 nitrogen and oxygen atoms in total. The highest BCUT2D eigenvalue weighted by Gasteiger charge is 2.29. The SMILES string of the molecule is CNC(=O)C(C)N(Cc1ccccc1)C(=O)CN(c1cc(Cl)cc(Cl)c1)S(C)(=O)=O. The zero-order chi connectivity index (χ0) is 22.5. The molecule has 10 heteroatoms. The van der Waals surface area contributed by atoms with Crippen molar-refractivity contribution in [1.82, 2.24) is 10.2 Å². The predicted molar refractivity (Wildman–Crippen MR) is 119 cm³/mol. The van der Waals surface area contributed by atoms with Gasteiger partial charge in [0.1, 0.15) is 12.6 Å². The van der Waals surface area contributed by atoms with Crippen molar-refractivity contribution >= 4 is 50.7 Å². The molecule has 0 fully saturated rings. The van der Waals surface area contributed by atoms with Gasteiger partial charge in [0.05, 0.1) is 11.9 Å². The Labute approximate surface area is 186 Å². The summed E-state index contributed by atoms with van der Waals surface area (Å²) in [5.74, 6) is -0.910. The lowest BCUT2D eigenvalue weighted by atomic mass is 10.1. The fourth-order valence-corrected chi connectivity index (χ4v) is 4.22. The number of carbonyl (C=O) groups excluding carboxylic acids is 2. The van der Waals surface area contributed by atoms with Crippen LogP contribution < -0.4 is 9.62 Å². The molecule has 0 heterocycles. The Morgan fingerprint density at radius 3 is 2.13 bits per heavy atom. The summed E-state index contributed by atoms with van der Waals surface area (Å²) in [6.07, 6.45) is 0.985. The van der Waals surface area contributed by atoms with Gasteiger partial charge in [0.25, 0.3) is 0 Å². The normalized spacial score (nSPS) is 12.2. The molecule has 2 aromatic rings. The van der Waals surface area contributed by atoms with Crippen LogP contribution in [0.2, 0.25) is 10.0 Å². The van der Waals surface area contributed by atoms with Crippen molar-refractivity contribution in [2.45, 2.75) is 19.5 Å². The van der Waals surface area contributed by atoms with Crippen molar-refractivity contribution in [2.24, 2.45) is 0 Å². The summed E-state index contributed by atoms with van der Waals surface area (Å²) < 4.78 is 25.8. The van der Waals surface area contributed by atoms with E-state index in [1.165, 1.54) is 30.1 Å². The maximum Gasteiger partial charge on any atom is 0.244 e. The number of halogens is 2. The number of amides is 2. The molecule has 1 atom stereocenters. The van der Waals surface area contributed by atoms with Gasteiger partial charge in [-0.2, -0.15) is 0 Å². The third kappa shape index (κ3) is 6.35. The van der Waals surface area contributed by atoms with Gasteiger partial charge in [-0.25, -0.2) is 8.42 Å². The Balaban J connectivity index is 2.39.